The van der Waals surface area contributed by atoms with Gasteiger partial charge in [0.05, 0.1) is 10.5 Å². The fourth-order valence-corrected chi connectivity index (χ4v) is 3.41. The summed E-state index contributed by atoms with van der Waals surface area (Å²) < 4.78 is 0. The Morgan fingerprint density at radius 3 is 2.12 bits per heavy atom. The molecule has 0 fully saturated rings. The second-order valence-electron chi connectivity index (χ2n) is 7.56. The van der Waals surface area contributed by atoms with E-state index >= 15 is 0 Å². The van der Waals surface area contributed by atoms with Gasteiger partial charge in [-0.2, -0.15) is 0 Å². The fraction of sp³-hybridized carbons (Fsp3) is 0.364. The third-order valence-electron chi connectivity index (χ3n) is 4.17. The van der Waals surface area contributed by atoms with E-state index in [-0.39, 0.29) is 0 Å². The standard InChI is InChI=1S/C22H26ClN3/c1-15(2)13-26(14-16(3)4)22-18-10-6-8-12-20(18)24-21(25-22)17-9-5-7-11-19(17)23/h5-12,15-16H,13-14H2,1-4H3. The molecule has 0 saturated carbocycles. The van der Waals surface area contributed by atoms with Gasteiger partial charge in [-0.05, 0) is 36.1 Å². The highest BCUT2D eigenvalue weighted by molar-refractivity contribution is 6.33. The van der Waals surface area contributed by atoms with Gasteiger partial charge in [0.2, 0.25) is 0 Å². The van der Waals surface area contributed by atoms with Crippen LogP contribution in [0.1, 0.15) is 27.7 Å². The number of nitrogens with zero attached hydrogens (tertiary/aromatic N) is 3. The van der Waals surface area contributed by atoms with E-state index in [9.17, 15) is 0 Å². The molecule has 0 radical (unpaired) electrons. The Morgan fingerprint density at radius 1 is 0.846 bits per heavy atom. The number of aromatic nitrogens is 2. The first kappa shape index (κ1) is 18.7. The van der Waals surface area contributed by atoms with Crippen molar-refractivity contribution in [1.82, 2.24) is 9.97 Å². The smallest absolute Gasteiger partial charge is 0.163 e. The van der Waals surface area contributed by atoms with Gasteiger partial charge in [0.25, 0.3) is 0 Å². The maximum absolute atomic E-state index is 6.42. The largest absolute Gasteiger partial charge is 0.355 e. The number of para-hydroxylation sites is 1. The van der Waals surface area contributed by atoms with Crippen molar-refractivity contribution in [2.75, 3.05) is 18.0 Å². The topological polar surface area (TPSA) is 29.0 Å². The first-order valence-electron chi connectivity index (χ1n) is 9.22. The van der Waals surface area contributed by atoms with Crippen molar-refractivity contribution in [3.63, 3.8) is 0 Å². The van der Waals surface area contributed by atoms with Gasteiger partial charge in [0.15, 0.2) is 5.82 Å². The van der Waals surface area contributed by atoms with Gasteiger partial charge in [-0.15, -0.1) is 0 Å². The monoisotopic (exact) mass is 367 g/mol. The van der Waals surface area contributed by atoms with Gasteiger partial charge in [-0.3, -0.25) is 0 Å². The lowest BCUT2D eigenvalue weighted by Crippen LogP contribution is -2.32. The zero-order valence-electron chi connectivity index (χ0n) is 15.9. The molecule has 0 bridgehead atoms. The molecule has 1 aromatic heterocycles. The summed E-state index contributed by atoms with van der Waals surface area (Å²) in [6.45, 7) is 10.9. The van der Waals surface area contributed by atoms with E-state index in [1.165, 1.54) is 0 Å². The minimum atomic E-state index is 0.547. The third-order valence-corrected chi connectivity index (χ3v) is 4.50. The van der Waals surface area contributed by atoms with E-state index in [1.54, 1.807) is 0 Å². The highest BCUT2D eigenvalue weighted by atomic mass is 35.5. The lowest BCUT2D eigenvalue weighted by molar-refractivity contribution is 0.550. The fourth-order valence-electron chi connectivity index (χ4n) is 3.19. The summed E-state index contributed by atoms with van der Waals surface area (Å²) in [7, 11) is 0. The maximum atomic E-state index is 6.42. The minimum Gasteiger partial charge on any atom is -0.355 e. The molecule has 3 rings (SSSR count). The van der Waals surface area contributed by atoms with Crippen molar-refractivity contribution in [3.05, 3.63) is 53.6 Å². The first-order valence-corrected chi connectivity index (χ1v) is 9.60. The van der Waals surface area contributed by atoms with E-state index in [0.717, 1.165) is 35.4 Å². The van der Waals surface area contributed by atoms with Crippen molar-refractivity contribution >= 4 is 28.3 Å². The highest BCUT2D eigenvalue weighted by Crippen LogP contribution is 2.31. The predicted molar refractivity (Wildman–Crippen MR) is 112 cm³/mol. The number of fused-ring (bicyclic) bond motifs is 1. The lowest BCUT2D eigenvalue weighted by Gasteiger charge is -2.28. The molecule has 0 atom stereocenters. The summed E-state index contributed by atoms with van der Waals surface area (Å²) in [4.78, 5) is 12.1. The normalized spacial score (nSPS) is 11.5. The van der Waals surface area contributed by atoms with Crippen LogP contribution in [0.4, 0.5) is 5.82 Å². The molecular formula is C22H26ClN3. The molecule has 136 valence electrons. The predicted octanol–water partition coefficient (Wildman–Crippen LogP) is 6.07. The molecule has 0 N–H and O–H groups in total. The Morgan fingerprint density at radius 2 is 1.46 bits per heavy atom. The number of hydrogen-bond acceptors (Lipinski definition) is 3. The van der Waals surface area contributed by atoms with E-state index in [1.807, 2.05) is 42.5 Å². The van der Waals surface area contributed by atoms with Gasteiger partial charge in [-0.1, -0.05) is 63.6 Å². The summed E-state index contributed by atoms with van der Waals surface area (Å²) in [5.74, 6) is 2.77. The molecule has 3 aromatic rings. The number of hydrogen-bond donors (Lipinski definition) is 0. The molecule has 1 heterocycles. The average Bonchev–Trinajstić information content (AvgIpc) is 2.60. The van der Waals surface area contributed by atoms with Gasteiger partial charge in [0, 0.05) is 24.0 Å². The van der Waals surface area contributed by atoms with Crippen LogP contribution in [0.5, 0.6) is 0 Å². The molecule has 0 aliphatic heterocycles. The number of benzene rings is 2. The average molecular weight is 368 g/mol. The van der Waals surface area contributed by atoms with Crippen LogP contribution in [0.25, 0.3) is 22.3 Å². The minimum absolute atomic E-state index is 0.547. The Balaban J connectivity index is 2.20. The second-order valence-corrected chi connectivity index (χ2v) is 7.97. The molecule has 0 amide bonds. The van der Waals surface area contributed by atoms with Crippen LogP contribution in [0.3, 0.4) is 0 Å². The molecule has 0 aliphatic carbocycles. The van der Waals surface area contributed by atoms with Crippen LogP contribution in [0.2, 0.25) is 5.02 Å². The molecule has 2 aromatic carbocycles. The highest BCUT2D eigenvalue weighted by Gasteiger charge is 2.18. The SMILES string of the molecule is CC(C)CN(CC(C)C)c1nc(-c2ccccc2Cl)nc2ccccc12. The van der Waals surface area contributed by atoms with Gasteiger partial charge >= 0.3 is 0 Å². The third kappa shape index (κ3) is 4.16. The zero-order chi connectivity index (χ0) is 18.7. The van der Waals surface area contributed by atoms with Crippen molar-refractivity contribution in [1.29, 1.82) is 0 Å². The Kier molecular flexibility index (Phi) is 5.77. The summed E-state index contributed by atoms with van der Waals surface area (Å²) in [6, 6.07) is 16.0. The lowest BCUT2D eigenvalue weighted by atomic mass is 10.1. The Hall–Kier alpha value is -2.13. The van der Waals surface area contributed by atoms with Crippen LogP contribution in [-0.2, 0) is 0 Å². The maximum Gasteiger partial charge on any atom is 0.163 e. The van der Waals surface area contributed by atoms with Gasteiger partial charge in [-0.25, -0.2) is 9.97 Å². The first-order chi connectivity index (χ1) is 12.5. The molecule has 26 heavy (non-hydrogen) atoms. The quantitative estimate of drug-likeness (QED) is 0.529. The van der Waals surface area contributed by atoms with Gasteiger partial charge < -0.3 is 4.90 Å². The Labute approximate surface area is 161 Å². The zero-order valence-corrected chi connectivity index (χ0v) is 16.7. The number of rotatable bonds is 6. The molecule has 3 nitrogen and oxygen atoms in total. The summed E-state index contributed by atoms with van der Waals surface area (Å²) in [6.07, 6.45) is 0. The van der Waals surface area contributed by atoms with Gasteiger partial charge in [0.1, 0.15) is 5.82 Å². The van der Waals surface area contributed by atoms with Crippen LogP contribution < -0.4 is 4.90 Å². The molecule has 4 heteroatoms. The molecule has 0 spiro atoms. The molecule has 0 saturated heterocycles. The summed E-state index contributed by atoms with van der Waals surface area (Å²) in [5, 5.41) is 1.76. The van der Waals surface area contributed by atoms with Crippen molar-refractivity contribution in [3.8, 4) is 11.4 Å². The molecule has 0 unspecified atom stereocenters. The van der Waals surface area contributed by atoms with E-state index in [0.29, 0.717) is 22.7 Å². The van der Waals surface area contributed by atoms with Crippen LogP contribution >= 0.6 is 11.6 Å². The summed E-state index contributed by atoms with van der Waals surface area (Å²) in [5.41, 5.74) is 1.82. The van der Waals surface area contributed by atoms with E-state index in [2.05, 4.69) is 38.7 Å². The van der Waals surface area contributed by atoms with Crippen molar-refractivity contribution in [2.45, 2.75) is 27.7 Å². The number of halogens is 1. The van der Waals surface area contributed by atoms with Crippen LogP contribution in [-0.4, -0.2) is 23.1 Å². The van der Waals surface area contributed by atoms with Crippen molar-refractivity contribution < 1.29 is 0 Å². The second kappa shape index (κ2) is 8.05. The van der Waals surface area contributed by atoms with E-state index < -0.39 is 0 Å². The Bertz CT molecular complexity index is 879. The molecule has 0 aliphatic rings. The van der Waals surface area contributed by atoms with Crippen LogP contribution in [0, 0.1) is 11.8 Å². The van der Waals surface area contributed by atoms with E-state index in [4.69, 9.17) is 21.6 Å². The number of anilines is 1. The van der Waals surface area contributed by atoms with Crippen LogP contribution in [0.15, 0.2) is 48.5 Å². The summed E-state index contributed by atoms with van der Waals surface area (Å²) >= 11 is 6.42. The van der Waals surface area contributed by atoms with Crippen molar-refractivity contribution in [2.24, 2.45) is 11.8 Å². The molecular weight excluding hydrogens is 342 g/mol.